The van der Waals surface area contributed by atoms with E-state index in [-0.39, 0.29) is 5.24 Å². The van der Waals surface area contributed by atoms with E-state index in [0.717, 1.165) is 5.56 Å². The zero-order valence-corrected chi connectivity index (χ0v) is 8.05. The Labute approximate surface area is 75.0 Å². The first-order chi connectivity index (χ1) is 5.09. The van der Waals surface area contributed by atoms with Gasteiger partial charge in [-0.1, -0.05) is 0 Å². The van der Waals surface area contributed by atoms with E-state index in [4.69, 9.17) is 11.6 Å². The standard InChI is InChI=1S/C8H9ClOS/c1-5-3-7(4-8(9)10)6(2)11-5/h3H,4H2,1-2H3. The van der Waals surface area contributed by atoms with Gasteiger partial charge in [-0.2, -0.15) is 0 Å². The first kappa shape index (κ1) is 8.75. The maximum Gasteiger partial charge on any atom is 0.226 e. The summed E-state index contributed by atoms with van der Waals surface area (Å²) in [6, 6.07) is 2.01. The van der Waals surface area contributed by atoms with Crippen LogP contribution in [0.5, 0.6) is 0 Å². The molecule has 11 heavy (non-hydrogen) atoms. The van der Waals surface area contributed by atoms with Gasteiger partial charge in [0.15, 0.2) is 0 Å². The maximum absolute atomic E-state index is 10.5. The topological polar surface area (TPSA) is 17.1 Å². The molecule has 0 aromatic carbocycles. The molecule has 0 saturated heterocycles. The van der Waals surface area contributed by atoms with Crippen LogP contribution in [0.3, 0.4) is 0 Å². The molecule has 60 valence electrons. The first-order valence-electron chi connectivity index (χ1n) is 3.34. The molecule has 0 radical (unpaired) electrons. The summed E-state index contributed by atoms with van der Waals surface area (Å²) >= 11 is 6.96. The zero-order chi connectivity index (χ0) is 8.43. The van der Waals surface area contributed by atoms with Gasteiger partial charge < -0.3 is 0 Å². The highest BCUT2D eigenvalue weighted by molar-refractivity contribution is 7.12. The monoisotopic (exact) mass is 188 g/mol. The Morgan fingerprint density at radius 3 is 2.64 bits per heavy atom. The van der Waals surface area contributed by atoms with Crippen LogP contribution in [-0.2, 0) is 11.2 Å². The molecule has 0 unspecified atom stereocenters. The summed E-state index contributed by atoms with van der Waals surface area (Å²) in [5, 5.41) is -0.286. The van der Waals surface area contributed by atoms with E-state index in [1.807, 2.05) is 19.9 Å². The zero-order valence-electron chi connectivity index (χ0n) is 6.48. The molecule has 0 bridgehead atoms. The lowest BCUT2D eigenvalue weighted by Gasteiger charge is -1.90. The predicted molar refractivity (Wildman–Crippen MR) is 48.4 cm³/mol. The second kappa shape index (κ2) is 3.37. The van der Waals surface area contributed by atoms with Gasteiger partial charge in [-0.05, 0) is 37.1 Å². The largest absolute Gasteiger partial charge is 0.281 e. The number of rotatable bonds is 2. The van der Waals surface area contributed by atoms with E-state index in [0.29, 0.717) is 6.42 Å². The molecular weight excluding hydrogens is 180 g/mol. The second-order valence-electron chi connectivity index (χ2n) is 2.47. The highest BCUT2D eigenvalue weighted by Gasteiger charge is 2.05. The minimum atomic E-state index is -0.286. The lowest BCUT2D eigenvalue weighted by Crippen LogP contribution is -1.92. The van der Waals surface area contributed by atoms with Gasteiger partial charge in [0.25, 0.3) is 0 Å². The summed E-state index contributed by atoms with van der Waals surface area (Å²) in [5.41, 5.74) is 1.06. The number of halogens is 1. The van der Waals surface area contributed by atoms with E-state index in [1.54, 1.807) is 11.3 Å². The Bertz CT molecular complexity index is 278. The van der Waals surface area contributed by atoms with Gasteiger partial charge >= 0.3 is 0 Å². The number of hydrogen-bond acceptors (Lipinski definition) is 2. The van der Waals surface area contributed by atoms with Crippen molar-refractivity contribution in [2.24, 2.45) is 0 Å². The van der Waals surface area contributed by atoms with Crippen molar-refractivity contribution in [1.82, 2.24) is 0 Å². The van der Waals surface area contributed by atoms with E-state index in [2.05, 4.69) is 0 Å². The van der Waals surface area contributed by atoms with Crippen molar-refractivity contribution in [3.63, 3.8) is 0 Å². The Morgan fingerprint density at radius 2 is 2.27 bits per heavy atom. The SMILES string of the molecule is Cc1cc(CC(=O)Cl)c(C)s1. The predicted octanol–water partition coefficient (Wildman–Crippen LogP) is 2.67. The van der Waals surface area contributed by atoms with Crippen LogP contribution in [0.2, 0.25) is 0 Å². The van der Waals surface area contributed by atoms with Crippen molar-refractivity contribution in [3.8, 4) is 0 Å². The van der Waals surface area contributed by atoms with Gasteiger partial charge in [0, 0.05) is 16.2 Å². The Kier molecular flexibility index (Phi) is 2.68. The molecule has 1 aromatic heterocycles. The van der Waals surface area contributed by atoms with Crippen molar-refractivity contribution in [1.29, 1.82) is 0 Å². The smallest absolute Gasteiger partial charge is 0.226 e. The van der Waals surface area contributed by atoms with Crippen LogP contribution >= 0.6 is 22.9 Å². The molecular formula is C8H9ClOS. The number of thiophene rings is 1. The molecule has 0 aliphatic heterocycles. The number of carbonyl (C=O) groups excluding carboxylic acids is 1. The van der Waals surface area contributed by atoms with E-state index < -0.39 is 0 Å². The van der Waals surface area contributed by atoms with Crippen LogP contribution in [0.25, 0.3) is 0 Å². The van der Waals surface area contributed by atoms with Crippen LogP contribution < -0.4 is 0 Å². The van der Waals surface area contributed by atoms with Crippen molar-refractivity contribution in [2.75, 3.05) is 0 Å². The molecule has 0 aliphatic carbocycles. The van der Waals surface area contributed by atoms with Crippen molar-refractivity contribution in [2.45, 2.75) is 20.3 Å². The fourth-order valence-electron chi connectivity index (χ4n) is 1.01. The molecule has 1 aromatic rings. The number of carbonyl (C=O) groups is 1. The maximum atomic E-state index is 10.5. The third-order valence-corrected chi connectivity index (χ3v) is 2.62. The van der Waals surface area contributed by atoms with Crippen molar-refractivity contribution in [3.05, 3.63) is 21.4 Å². The number of hydrogen-bond donors (Lipinski definition) is 0. The summed E-state index contributed by atoms with van der Waals surface area (Å²) in [6.07, 6.45) is 0.359. The Balaban J connectivity index is 2.85. The highest BCUT2D eigenvalue weighted by Crippen LogP contribution is 2.21. The lowest BCUT2D eigenvalue weighted by molar-refractivity contribution is -0.111. The van der Waals surface area contributed by atoms with Crippen molar-refractivity contribution < 1.29 is 4.79 Å². The summed E-state index contributed by atoms with van der Waals surface area (Å²) in [7, 11) is 0. The van der Waals surface area contributed by atoms with Crippen LogP contribution in [-0.4, -0.2) is 5.24 Å². The molecule has 0 spiro atoms. The van der Waals surface area contributed by atoms with E-state index in [9.17, 15) is 4.79 Å². The van der Waals surface area contributed by atoms with Crippen LogP contribution in [0.4, 0.5) is 0 Å². The quantitative estimate of drug-likeness (QED) is 0.653. The van der Waals surface area contributed by atoms with Gasteiger partial charge in [-0.25, -0.2) is 0 Å². The fourth-order valence-corrected chi connectivity index (χ4v) is 2.10. The molecule has 0 saturated carbocycles. The molecule has 3 heteroatoms. The molecule has 0 N–H and O–H groups in total. The van der Waals surface area contributed by atoms with Crippen molar-refractivity contribution >= 4 is 28.2 Å². The van der Waals surface area contributed by atoms with Gasteiger partial charge in [-0.15, -0.1) is 11.3 Å². The van der Waals surface area contributed by atoms with E-state index in [1.165, 1.54) is 9.75 Å². The lowest BCUT2D eigenvalue weighted by atomic mass is 10.2. The minimum absolute atomic E-state index is 0.286. The molecule has 0 fully saturated rings. The van der Waals surface area contributed by atoms with Crippen LogP contribution in [0, 0.1) is 13.8 Å². The van der Waals surface area contributed by atoms with Gasteiger partial charge in [-0.3, -0.25) is 4.79 Å². The average Bonchev–Trinajstić information content (AvgIpc) is 2.09. The summed E-state index contributed by atoms with van der Waals surface area (Å²) in [6.45, 7) is 4.03. The Hall–Kier alpha value is -0.340. The van der Waals surface area contributed by atoms with Crippen LogP contribution in [0.1, 0.15) is 15.3 Å². The highest BCUT2D eigenvalue weighted by atomic mass is 35.5. The Morgan fingerprint density at radius 1 is 1.64 bits per heavy atom. The third kappa shape index (κ3) is 2.31. The fraction of sp³-hybridized carbons (Fsp3) is 0.375. The molecule has 1 heterocycles. The average molecular weight is 189 g/mol. The second-order valence-corrected chi connectivity index (χ2v) is 4.35. The summed E-state index contributed by atoms with van der Waals surface area (Å²) in [4.78, 5) is 13.0. The number of aryl methyl sites for hydroxylation is 2. The summed E-state index contributed by atoms with van der Waals surface area (Å²) in [5.74, 6) is 0. The van der Waals surface area contributed by atoms with Gasteiger partial charge in [0.2, 0.25) is 5.24 Å². The van der Waals surface area contributed by atoms with Crippen LogP contribution in [0.15, 0.2) is 6.07 Å². The van der Waals surface area contributed by atoms with Gasteiger partial charge in [0.05, 0.1) is 0 Å². The normalized spacial score (nSPS) is 10.1. The molecule has 0 aliphatic rings. The summed E-state index contributed by atoms with van der Waals surface area (Å²) < 4.78 is 0. The molecule has 0 amide bonds. The van der Waals surface area contributed by atoms with Gasteiger partial charge in [0.1, 0.15) is 0 Å². The van der Waals surface area contributed by atoms with E-state index >= 15 is 0 Å². The third-order valence-electron chi connectivity index (χ3n) is 1.47. The first-order valence-corrected chi connectivity index (χ1v) is 4.53. The minimum Gasteiger partial charge on any atom is -0.281 e. The molecule has 0 atom stereocenters. The molecule has 1 rings (SSSR count). The molecule has 1 nitrogen and oxygen atoms in total.